The Hall–Kier alpha value is -2.96. The van der Waals surface area contributed by atoms with Gasteiger partial charge in [0, 0.05) is 41.8 Å². The molecule has 0 saturated heterocycles. The molecule has 1 aliphatic heterocycles. The second kappa shape index (κ2) is 6.89. The van der Waals surface area contributed by atoms with Crippen LogP contribution in [0.1, 0.15) is 22.2 Å². The first-order valence-corrected chi connectivity index (χ1v) is 10.1. The third-order valence-electron chi connectivity index (χ3n) is 5.27. The molecular weight excluding hydrogens is 370 g/mol. The monoisotopic (exact) mass is 389 g/mol. The van der Waals surface area contributed by atoms with Crippen molar-refractivity contribution >= 4 is 22.3 Å². The van der Waals surface area contributed by atoms with Crippen molar-refractivity contribution in [1.82, 2.24) is 14.3 Å². The molecule has 5 nitrogen and oxygen atoms in total. The van der Waals surface area contributed by atoms with Gasteiger partial charge in [0.05, 0.1) is 5.69 Å². The summed E-state index contributed by atoms with van der Waals surface area (Å²) in [4.78, 5) is 21.0. The predicted octanol–water partition coefficient (Wildman–Crippen LogP) is 4.25. The molecule has 0 saturated carbocycles. The zero-order chi connectivity index (χ0) is 19.1. The summed E-state index contributed by atoms with van der Waals surface area (Å²) in [6.07, 6.45) is 2.91. The Labute approximate surface area is 166 Å². The quantitative estimate of drug-likeness (QED) is 0.567. The molecule has 1 unspecified atom stereocenters. The van der Waals surface area contributed by atoms with Gasteiger partial charge in [0.25, 0.3) is 0 Å². The Kier molecular flexibility index (Phi) is 4.22. The predicted molar refractivity (Wildman–Crippen MR) is 109 cm³/mol. The summed E-state index contributed by atoms with van der Waals surface area (Å²) in [6.45, 7) is 1.35. The lowest BCUT2D eigenvalue weighted by Crippen LogP contribution is -2.37. The zero-order valence-electron chi connectivity index (χ0n) is 15.2. The first-order chi connectivity index (χ1) is 13.7. The molecule has 3 heterocycles. The molecule has 1 N–H and O–H groups in total. The van der Waals surface area contributed by atoms with Crippen molar-refractivity contribution in [3.8, 4) is 11.3 Å². The van der Waals surface area contributed by atoms with E-state index in [4.69, 9.17) is 4.98 Å². The summed E-state index contributed by atoms with van der Waals surface area (Å²) in [5, 5.41) is 9.83. The van der Waals surface area contributed by atoms with Crippen LogP contribution in [0.3, 0.4) is 0 Å². The molecule has 0 radical (unpaired) electrons. The molecule has 0 aliphatic carbocycles. The summed E-state index contributed by atoms with van der Waals surface area (Å²) >= 11 is 1.66. The topological polar surface area (TPSA) is 57.8 Å². The van der Waals surface area contributed by atoms with Gasteiger partial charge >= 0.3 is 5.97 Å². The number of carbonyl (C=O) groups is 1. The van der Waals surface area contributed by atoms with E-state index in [-0.39, 0.29) is 0 Å². The van der Waals surface area contributed by atoms with E-state index >= 15 is 0 Å². The van der Waals surface area contributed by atoms with Crippen molar-refractivity contribution in [2.24, 2.45) is 0 Å². The van der Waals surface area contributed by atoms with E-state index < -0.39 is 12.0 Å². The van der Waals surface area contributed by atoms with Crippen LogP contribution in [0, 0.1) is 0 Å². The molecule has 0 fully saturated rings. The van der Waals surface area contributed by atoms with E-state index in [0.717, 1.165) is 28.2 Å². The third-order valence-corrected chi connectivity index (χ3v) is 6.35. The number of nitrogens with zero attached hydrogens (tertiary/aromatic N) is 3. The van der Waals surface area contributed by atoms with Crippen LogP contribution in [0.15, 0.2) is 66.9 Å². The lowest BCUT2D eigenvalue weighted by molar-refractivity contribution is -0.144. The van der Waals surface area contributed by atoms with Crippen LogP contribution in [-0.4, -0.2) is 31.9 Å². The molecule has 0 amide bonds. The average Bonchev–Trinajstić information content (AvgIpc) is 3.27. The average molecular weight is 389 g/mol. The van der Waals surface area contributed by atoms with Crippen LogP contribution in [0.25, 0.3) is 16.2 Å². The summed E-state index contributed by atoms with van der Waals surface area (Å²) < 4.78 is 2.18. The Morgan fingerprint density at radius 3 is 2.50 bits per heavy atom. The van der Waals surface area contributed by atoms with E-state index in [9.17, 15) is 9.90 Å². The molecule has 2 aromatic heterocycles. The van der Waals surface area contributed by atoms with Crippen LogP contribution in [-0.2, 0) is 17.8 Å². The maximum absolute atomic E-state index is 12.0. The fraction of sp³-hybridized carbons (Fsp3) is 0.182. The van der Waals surface area contributed by atoms with Crippen LogP contribution in [0.5, 0.6) is 0 Å². The fourth-order valence-corrected chi connectivity index (χ4v) is 5.12. The summed E-state index contributed by atoms with van der Waals surface area (Å²) in [5.74, 6) is -0.803. The molecular formula is C22H19N3O2S. The van der Waals surface area contributed by atoms with Crippen molar-refractivity contribution in [1.29, 1.82) is 0 Å². The van der Waals surface area contributed by atoms with Crippen molar-refractivity contribution in [3.63, 3.8) is 0 Å². The Morgan fingerprint density at radius 2 is 1.79 bits per heavy atom. The number of carboxylic acid groups (broad SMARTS) is 1. The van der Waals surface area contributed by atoms with Crippen LogP contribution >= 0.6 is 11.3 Å². The molecule has 5 rings (SSSR count). The SMILES string of the molecule is O=C(O)C(c1ccccc1)N1CCc2c(sc3nc(-c4ccccc4)cn23)C1. The highest BCUT2D eigenvalue weighted by Gasteiger charge is 2.32. The van der Waals surface area contributed by atoms with Gasteiger partial charge in [0.15, 0.2) is 4.96 Å². The lowest BCUT2D eigenvalue weighted by atomic mass is 10.0. The van der Waals surface area contributed by atoms with Crippen LogP contribution in [0.2, 0.25) is 0 Å². The molecule has 6 heteroatoms. The number of aromatic nitrogens is 2. The van der Waals surface area contributed by atoms with E-state index in [0.29, 0.717) is 13.1 Å². The summed E-state index contributed by atoms with van der Waals surface area (Å²) in [5.41, 5.74) is 4.17. The Morgan fingerprint density at radius 1 is 1.07 bits per heavy atom. The highest BCUT2D eigenvalue weighted by molar-refractivity contribution is 7.17. The standard InChI is InChI=1S/C22H19N3O2S/c26-21(27)20(16-9-5-2-6-10-16)24-12-11-18-19(14-24)28-22-23-17(13-25(18)22)15-7-3-1-4-8-15/h1-10,13,20H,11-12,14H2,(H,26,27). The number of hydrogen-bond donors (Lipinski definition) is 1. The van der Waals surface area contributed by atoms with Gasteiger partial charge in [0.1, 0.15) is 6.04 Å². The van der Waals surface area contributed by atoms with Crippen molar-refractivity contribution in [2.45, 2.75) is 19.0 Å². The first-order valence-electron chi connectivity index (χ1n) is 9.27. The molecule has 1 aliphatic rings. The highest BCUT2D eigenvalue weighted by atomic mass is 32.1. The molecule has 2 aromatic carbocycles. The largest absolute Gasteiger partial charge is 0.480 e. The number of rotatable bonds is 4. The highest BCUT2D eigenvalue weighted by Crippen LogP contribution is 2.34. The van der Waals surface area contributed by atoms with Gasteiger partial charge in [-0.3, -0.25) is 14.1 Å². The molecule has 140 valence electrons. The van der Waals surface area contributed by atoms with E-state index in [1.165, 1.54) is 10.6 Å². The molecule has 1 atom stereocenters. The Bertz CT molecular complexity index is 1130. The molecule has 4 aromatic rings. The zero-order valence-corrected chi connectivity index (χ0v) is 16.0. The number of thiazole rings is 1. The van der Waals surface area contributed by atoms with Crippen LogP contribution < -0.4 is 0 Å². The minimum Gasteiger partial charge on any atom is -0.480 e. The van der Waals surface area contributed by atoms with Crippen molar-refractivity contribution < 1.29 is 9.90 Å². The maximum Gasteiger partial charge on any atom is 0.325 e. The third kappa shape index (κ3) is 2.91. The van der Waals surface area contributed by atoms with Gasteiger partial charge in [-0.05, 0) is 5.56 Å². The number of fused-ring (bicyclic) bond motifs is 3. The van der Waals surface area contributed by atoms with Crippen molar-refractivity contribution in [2.75, 3.05) is 6.54 Å². The second-order valence-electron chi connectivity index (χ2n) is 6.99. The maximum atomic E-state index is 12.0. The molecule has 28 heavy (non-hydrogen) atoms. The summed E-state index contributed by atoms with van der Waals surface area (Å²) in [6, 6.07) is 19.0. The van der Waals surface area contributed by atoms with Gasteiger partial charge in [-0.2, -0.15) is 0 Å². The first kappa shape index (κ1) is 17.2. The lowest BCUT2D eigenvalue weighted by Gasteiger charge is -2.32. The van der Waals surface area contributed by atoms with E-state index in [1.807, 2.05) is 53.4 Å². The van der Waals surface area contributed by atoms with E-state index in [1.54, 1.807) is 11.3 Å². The van der Waals surface area contributed by atoms with Gasteiger partial charge in [-0.15, -0.1) is 0 Å². The number of carboxylic acids is 1. The molecule has 0 bridgehead atoms. The van der Waals surface area contributed by atoms with Gasteiger partial charge in [-0.25, -0.2) is 4.98 Å². The number of hydrogen-bond acceptors (Lipinski definition) is 4. The Balaban J connectivity index is 1.47. The number of imidazole rings is 1. The second-order valence-corrected chi connectivity index (χ2v) is 8.05. The van der Waals surface area contributed by atoms with Crippen LogP contribution in [0.4, 0.5) is 0 Å². The minimum absolute atomic E-state index is 0.622. The minimum atomic E-state index is -0.803. The summed E-state index contributed by atoms with van der Waals surface area (Å²) in [7, 11) is 0. The van der Waals surface area contributed by atoms with Gasteiger partial charge in [-0.1, -0.05) is 72.0 Å². The van der Waals surface area contributed by atoms with Gasteiger partial charge in [0.2, 0.25) is 0 Å². The number of aliphatic carboxylic acids is 1. The van der Waals surface area contributed by atoms with Gasteiger partial charge < -0.3 is 5.11 Å². The fourth-order valence-electron chi connectivity index (χ4n) is 3.94. The van der Waals surface area contributed by atoms with Crippen molar-refractivity contribution in [3.05, 3.63) is 83.0 Å². The number of benzene rings is 2. The molecule has 0 spiro atoms. The van der Waals surface area contributed by atoms with E-state index in [2.05, 4.69) is 22.7 Å². The normalized spacial score (nSPS) is 15.4. The smallest absolute Gasteiger partial charge is 0.325 e.